The van der Waals surface area contributed by atoms with Gasteiger partial charge in [0, 0.05) is 48.1 Å². The Morgan fingerprint density at radius 3 is 2.22 bits per heavy atom. The Hall–Kier alpha value is -3.53. The fourth-order valence-electron chi connectivity index (χ4n) is 6.13. The lowest BCUT2D eigenvalue weighted by Gasteiger charge is -2.30. The maximum absolute atomic E-state index is 5.25. The molecule has 0 unspecified atom stereocenters. The summed E-state index contributed by atoms with van der Waals surface area (Å²) in [5, 5.41) is 8.99. The van der Waals surface area contributed by atoms with Crippen LogP contribution in [0.1, 0.15) is 53.6 Å². The molecule has 0 atom stereocenters. The highest BCUT2D eigenvalue weighted by atomic mass is 15.3. The van der Waals surface area contributed by atoms with E-state index in [0.29, 0.717) is 6.04 Å². The molecule has 1 N–H and O–H groups in total. The van der Waals surface area contributed by atoms with Crippen molar-refractivity contribution >= 4 is 11.4 Å². The molecule has 0 spiro atoms. The van der Waals surface area contributed by atoms with Crippen LogP contribution in [0.25, 0.3) is 16.9 Å². The van der Waals surface area contributed by atoms with Crippen molar-refractivity contribution in [3.63, 3.8) is 0 Å². The highest BCUT2D eigenvalue weighted by molar-refractivity contribution is 5.72. The molecule has 0 saturated heterocycles. The van der Waals surface area contributed by atoms with Gasteiger partial charge in [-0.2, -0.15) is 5.10 Å². The number of aromatic nitrogens is 2. The predicted octanol–water partition coefficient (Wildman–Crippen LogP) is 7.38. The van der Waals surface area contributed by atoms with Gasteiger partial charge in [-0.05, 0) is 68.5 Å². The normalized spacial score (nSPS) is 15.8. The maximum atomic E-state index is 5.25. The largest absolute Gasteiger partial charge is 0.382 e. The second-order valence-electron chi connectivity index (χ2n) is 10.6. The molecule has 36 heavy (non-hydrogen) atoms. The first kappa shape index (κ1) is 22.9. The number of fused-ring (bicyclic) bond motifs is 1. The van der Waals surface area contributed by atoms with Crippen LogP contribution in [0.4, 0.5) is 11.4 Å². The van der Waals surface area contributed by atoms with Crippen LogP contribution in [-0.2, 0) is 13.0 Å². The van der Waals surface area contributed by atoms with E-state index in [4.69, 9.17) is 5.10 Å². The first-order valence-corrected chi connectivity index (χ1v) is 13.4. The molecule has 184 valence electrons. The monoisotopic (exact) mass is 476 g/mol. The summed E-state index contributed by atoms with van der Waals surface area (Å²) in [6.45, 7) is 8.47. The van der Waals surface area contributed by atoms with Crippen LogP contribution in [0.2, 0.25) is 0 Å². The van der Waals surface area contributed by atoms with Gasteiger partial charge in [-0.1, -0.05) is 61.4 Å². The number of hydrogen-bond donors (Lipinski definition) is 1. The molecule has 6 rings (SSSR count). The van der Waals surface area contributed by atoms with Crippen LogP contribution in [0.3, 0.4) is 0 Å². The third-order valence-electron chi connectivity index (χ3n) is 8.03. The number of para-hydroxylation sites is 2. The van der Waals surface area contributed by atoms with E-state index in [0.717, 1.165) is 19.5 Å². The van der Waals surface area contributed by atoms with Crippen molar-refractivity contribution in [1.82, 2.24) is 9.78 Å². The topological polar surface area (TPSA) is 33.1 Å². The van der Waals surface area contributed by atoms with Crippen molar-refractivity contribution in [2.24, 2.45) is 0 Å². The van der Waals surface area contributed by atoms with E-state index in [9.17, 15) is 0 Å². The highest BCUT2D eigenvalue weighted by Crippen LogP contribution is 2.37. The van der Waals surface area contributed by atoms with Gasteiger partial charge in [-0.3, -0.25) is 0 Å². The zero-order chi connectivity index (χ0) is 24.6. The Labute approximate surface area is 215 Å². The fraction of sp³-hybridized carbons (Fsp3) is 0.344. The van der Waals surface area contributed by atoms with Crippen LogP contribution in [-0.4, -0.2) is 22.4 Å². The number of rotatable bonds is 5. The molecule has 4 heteroatoms. The number of benzene rings is 3. The molecule has 4 aromatic rings. The van der Waals surface area contributed by atoms with Crippen LogP contribution in [0, 0.1) is 20.8 Å². The number of nitrogens with one attached hydrogen (secondary N) is 1. The van der Waals surface area contributed by atoms with E-state index >= 15 is 0 Å². The molecule has 0 amide bonds. The smallest absolute Gasteiger partial charge is 0.0794 e. The van der Waals surface area contributed by atoms with Crippen LogP contribution in [0.5, 0.6) is 0 Å². The Bertz CT molecular complexity index is 1360. The summed E-state index contributed by atoms with van der Waals surface area (Å²) in [6, 6.07) is 25.0. The van der Waals surface area contributed by atoms with Gasteiger partial charge in [0.05, 0.1) is 17.1 Å². The summed E-state index contributed by atoms with van der Waals surface area (Å²) in [5.41, 5.74) is 12.6. The van der Waals surface area contributed by atoms with Gasteiger partial charge in [0.25, 0.3) is 0 Å². The molecule has 3 aromatic carbocycles. The molecule has 1 aromatic heterocycles. The molecule has 2 heterocycles. The van der Waals surface area contributed by atoms with Crippen molar-refractivity contribution in [2.45, 2.75) is 65.5 Å². The summed E-state index contributed by atoms with van der Waals surface area (Å²) in [4.78, 5) is 2.52. The summed E-state index contributed by atoms with van der Waals surface area (Å²) in [6.07, 6.45) is 6.20. The van der Waals surface area contributed by atoms with Gasteiger partial charge in [-0.25, -0.2) is 4.68 Å². The van der Waals surface area contributed by atoms with Gasteiger partial charge in [0.1, 0.15) is 0 Å². The number of anilines is 2. The van der Waals surface area contributed by atoms with Crippen molar-refractivity contribution in [3.05, 3.63) is 94.7 Å². The molecule has 1 saturated carbocycles. The molecule has 4 nitrogen and oxygen atoms in total. The minimum Gasteiger partial charge on any atom is -0.382 e. The molecule has 0 bridgehead atoms. The highest BCUT2D eigenvalue weighted by Gasteiger charge is 2.28. The minimum absolute atomic E-state index is 0.617. The first-order valence-electron chi connectivity index (χ1n) is 13.4. The van der Waals surface area contributed by atoms with Gasteiger partial charge >= 0.3 is 0 Å². The average molecular weight is 477 g/mol. The third kappa shape index (κ3) is 4.19. The summed E-state index contributed by atoms with van der Waals surface area (Å²) in [7, 11) is 0. The maximum Gasteiger partial charge on any atom is 0.0794 e. The van der Waals surface area contributed by atoms with Gasteiger partial charge in [0.2, 0.25) is 0 Å². The zero-order valence-electron chi connectivity index (χ0n) is 21.7. The van der Waals surface area contributed by atoms with Crippen molar-refractivity contribution < 1.29 is 0 Å². The molecule has 1 aliphatic carbocycles. The van der Waals surface area contributed by atoms with E-state index in [1.54, 1.807) is 0 Å². The number of aryl methyl sites for hydroxylation is 3. The standard InChI is InChI=1S/C32H36N4/c1-22-9-4-7-14-30(22)35-20-19-29-28(21-35)32(36(34-29)31-23(2)10-8-11-24(31)3)25-15-17-27(18-16-25)33-26-12-5-6-13-26/h4,7-11,14-18,26,33H,5-6,12-13,19-21H2,1-3H3. The molecule has 1 fully saturated rings. The third-order valence-corrected chi connectivity index (χ3v) is 8.03. The lowest BCUT2D eigenvalue weighted by atomic mass is 9.99. The van der Waals surface area contributed by atoms with E-state index in [1.807, 2.05) is 0 Å². The van der Waals surface area contributed by atoms with Crippen LogP contribution >= 0.6 is 0 Å². The lowest BCUT2D eigenvalue weighted by Crippen LogP contribution is -2.30. The summed E-state index contributed by atoms with van der Waals surface area (Å²) < 4.78 is 2.23. The zero-order valence-corrected chi connectivity index (χ0v) is 21.7. The Balaban J connectivity index is 1.44. The molecular weight excluding hydrogens is 440 g/mol. The summed E-state index contributed by atoms with van der Waals surface area (Å²) >= 11 is 0. The first-order chi connectivity index (χ1) is 17.6. The molecule has 2 aliphatic rings. The Morgan fingerprint density at radius 1 is 0.806 bits per heavy atom. The molecule has 0 radical (unpaired) electrons. The lowest BCUT2D eigenvalue weighted by molar-refractivity contribution is 0.713. The predicted molar refractivity (Wildman–Crippen MR) is 150 cm³/mol. The van der Waals surface area contributed by atoms with E-state index in [2.05, 4.69) is 102 Å². The number of hydrogen-bond acceptors (Lipinski definition) is 3. The quantitative estimate of drug-likeness (QED) is 0.326. The SMILES string of the molecule is Cc1ccccc1N1CCc2nn(-c3c(C)cccc3C)c(-c3ccc(NC4CCCC4)cc3)c2C1. The van der Waals surface area contributed by atoms with Gasteiger partial charge in [0.15, 0.2) is 0 Å². The van der Waals surface area contributed by atoms with Crippen molar-refractivity contribution in [1.29, 1.82) is 0 Å². The van der Waals surface area contributed by atoms with Crippen molar-refractivity contribution in [3.8, 4) is 16.9 Å². The van der Waals surface area contributed by atoms with E-state index in [1.165, 1.54) is 82.0 Å². The second kappa shape index (κ2) is 9.50. The fourth-order valence-corrected chi connectivity index (χ4v) is 6.13. The Morgan fingerprint density at radius 2 is 1.50 bits per heavy atom. The molecular formula is C32H36N4. The number of nitrogens with zero attached hydrogens (tertiary/aromatic N) is 3. The molecule has 1 aliphatic heterocycles. The van der Waals surface area contributed by atoms with Gasteiger partial charge < -0.3 is 10.2 Å². The van der Waals surface area contributed by atoms with Crippen LogP contribution in [0.15, 0.2) is 66.7 Å². The van der Waals surface area contributed by atoms with Crippen LogP contribution < -0.4 is 10.2 Å². The minimum atomic E-state index is 0.617. The van der Waals surface area contributed by atoms with Crippen molar-refractivity contribution in [2.75, 3.05) is 16.8 Å². The second-order valence-corrected chi connectivity index (χ2v) is 10.6. The average Bonchev–Trinajstić information content (AvgIpc) is 3.52. The van der Waals surface area contributed by atoms with E-state index < -0.39 is 0 Å². The van der Waals surface area contributed by atoms with Gasteiger partial charge in [-0.15, -0.1) is 0 Å². The Kier molecular flexibility index (Phi) is 6.04. The summed E-state index contributed by atoms with van der Waals surface area (Å²) in [5.74, 6) is 0. The van der Waals surface area contributed by atoms with E-state index in [-0.39, 0.29) is 0 Å².